The van der Waals surface area contributed by atoms with E-state index >= 15 is 0 Å². The van der Waals surface area contributed by atoms with Gasteiger partial charge in [0, 0.05) is 49.9 Å². The van der Waals surface area contributed by atoms with E-state index in [1.54, 1.807) is 0 Å². The van der Waals surface area contributed by atoms with Gasteiger partial charge in [-0.15, -0.1) is 0 Å². The van der Waals surface area contributed by atoms with Gasteiger partial charge in [0.1, 0.15) is 5.82 Å². The summed E-state index contributed by atoms with van der Waals surface area (Å²) >= 11 is 0. The molecule has 2 fully saturated rings. The van der Waals surface area contributed by atoms with E-state index in [1.165, 1.54) is 10.5 Å². The summed E-state index contributed by atoms with van der Waals surface area (Å²) in [4.78, 5) is 27.3. The lowest BCUT2D eigenvalue weighted by Crippen LogP contribution is -2.37. The zero-order valence-corrected chi connectivity index (χ0v) is 16.3. The summed E-state index contributed by atoms with van der Waals surface area (Å²) in [5.41, 5.74) is 3.32. The first-order valence-corrected chi connectivity index (χ1v) is 10.2. The summed E-state index contributed by atoms with van der Waals surface area (Å²) < 4.78 is 5.50. The minimum Gasteiger partial charge on any atom is -0.465 e. The topological polar surface area (TPSA) is 82.0 Å². The van der Waals surface area contributed by atoms with Crippen molar-refractivity contribution in [2.24, 2.45) is 0 Å². The van der Waals surface area contributed by atoms with Gasteiger partial charge in [-0.05, 0) is 25.0 Å². The maximum absolute atomic E-state index is 11.4. The lowest BCUT2D eigenvalue weighted by molar-refractivity contribution is 0.122. The molecule has 8 heteroatoms. The van der Waals surface area contributed by atoms with Gasteiger partial charge >= 0.3 is 6.09 Å². The number of ether oxygens (including phenoxy) is 1. The van der Waals surface area contributed by atoms with E-state index in [2.05, 4.69) is 21.9 Å². The zero-order valence-electron chi connectivity index (χ0n) is 16.3. The highest BCUT2D eigenvalue weighted by Gasteiger charge is 2.35. The van der Waals surface area contributed by atoms with E-state index in [1.807, 2.05) is 18.2 Å². The van der Waals surface area contributed by atoms with Crippen molar-refractivity contribution in [3.63, 3.8) is 0 Å². The smallest absolute Gasteiger partial charge is 0.407 e. The number of aromatic nitrogens is 2. The molecule has 29 heavy (non-hydrogen) atoms. The van der Waals surface area contributed by atoms with Crippen LogP contribution in [0.4, 0.5) is 22.2 Å². The molecule has 0 radical (unpaired) electrons. The Kier molecular flexibility index (Phi) is 4.71. The first kappa shape index (κ1) is 18.2. The van der Waals surface area contributed by atoms with Crippen LogP contribution in [0.3, 0.4) is 0 Å². The molecular weight excluding hydrogens is 370 g/mol. The molecule has 1 N–H and O–H groups in total. The zero-order chi connectivity index (χ0) is 19.8. The number of hydrogen-bond acceptors (Lipinski definition) is 6. The third-order valence-corrected chi connectivity index (χ3v) is 6.05. The van der Waals surface area contributed by atoms with Gasteiger partial charge in [-0.3, -0.25) is 0 Å². The van der Waals surface area contributed by atoms with Gasteiger partial charge in [-0.2, -0.15) is 4.98 Å². The van der Waals surface area contributed by atoms with E-state index < -0.39 is 6.09 Å². The Balaban J connectivity index is 1.55. The molecule has 1 atom stereocenters. The fourth-order valence-corrected chi connectivity index (χ4v) is 4.53. The lowest BCUT2D eigenvalue weighted by Gasteiger charge is -2.29. The second kappa shape index (κ2) is 7.51. The van der Waals surface area contributed by atoms with E-state index in [4.69, 9.17) is 14.7 Å². The van der Waals surface area contributed by atoms with Gasteiger partial charge in [-0.25, -0.2) is 9.78 Å². The highest BCUT2D eigenvalue weighted by Crippen LogP contribution is 2.40. The summed E-state index contributed by atoms with van der Waals surface area (Å²) in [6.07, 6.45) is 0.841. The number of fused-ring (bicyclic) bond motifs is 1. The van der Waals surface area contributed by atoms with E-state index in [0.29, 0.717) is 26.3 Å². The number of carbonyl (C=O) groups is 1. The van der Waals surface area contributed by atoms with Crippen molar-refractivity contribution in [3.05, 3.63) is 41.6 Å². The molecule has 5 rings (SSSR count). The number of anilines is 3. The molecule has 3 aliphatic heterocycles. The Morgan fingerprint density at radius 2 is 1.86 bits per heavy atom. The average molecular weight is 395 g/mol. The number of nitrogens with zero attached hydrogens (tertiary/aromatic N) is 5. The van der Waals surface area contributed by atoms with Gasteiger partial charge in [0.15, 0.2) is 0 Å². The van der Waals surface area contributed by atoms with Crippen molar-refractivity contribution < 1.29 is 14.6 Å². The van der Waals surface area contributed by atoms with Crippen molar-refractivity contribution >= 4 is 23.5 Å². The second-order valence-electron chi connectivity index (χ2n) is 7.76. The maximum Gasteiger partial charge on any atom is 0.407 e. The third kappa shape index (κ3) is 3.37. The van der Waals surface area contributed by atoms with E-state index in [-0.39, 0.29) is 5.92 Å². The Bertz CT molecular complexity index is 901. The summed E-state index contributed by atoms with van der Waals surface area (Å²) in [6, 6.07) is 10.3. The number of para-hydroxylation sites is 1. The summed E-state index contributed by atoms with van der Waals surface area (Å²) in [5, 5.41) is 9.38. The minimum atomic E-state index is -0.850. The van der Waals surface area contributed by atoms with Crippen molar-refractivity contribution in [2.45, 2.75) is 18.8 Å². The van der Waals surface area contributed by atoms with Gasteiger partial charge in [0.05, 0.1) is 18.9 Å². The largest absolute Gasteiger partial charge is 0.465 e. The summed E-state index contributed by atoms with van der Waals surface area (Å²) in [5.74, 6) is 1.83. The van der Waals surface area contributed by atoms with Crippen LogP contribution >= 0.6 is 0 Å². The van der Waals surface area contributed by atoms with Gasteiger partial charge in [0.2, 0.25) is 5.95 Å². The predicted molar refractivity (Wildman–Crippen MR) is 109 cm³/mol. The summed E-state index contributed by atoms with van der Waals surface area (Å²) in [7, 11) is 0. The molecule has 1 aromatic carbocycles. The highest BCUT2D eigenvalue weighted by molar-refractivity contribution is 5.69. The molecule has 2 aromatic rings. The van der Waals surface area contributed by atoms with Crippen molar-refractivity contribution in [1.82, 2.24) is 14.9 Å². The van der Waals surface area contributed by atoms with Crippen LogP contribution in [0.15, 0.2) is 30.3 Å². The first-order chi connectivity index (χ1) is 14.2. The maximum atomic E-state index is 11.4. The van der Waals surface area contributed by atoms with Crippen LogP contribution in [0.1, 0.15) is 23.6 Å². The van der Waals surface area contributed by atoms with Gasteiger partial charge in [-0.1, -0.05) is 18.2 Å². The molecule has 0 bridgehead atoms. The molecule has 1 aromatic heterocycles. The molecule has 0 spiro atoms. The van der Waals surface area contributed by atoms with Crippen molar-refractivity contribution in [2.75, 3.05) is 55.7 Å². The molecule has 8 nitrogen and oxygen atoms in total. The molecule has 1 amide bonds. The van der Waals surface area contributed by atoms with Crippen LogP contribution in [0.2, 0.25) is 0 Å². The fraction of sp³-hybridized carbons (Fsp3) is 0.476. The molecule has 4 heterocycles. The quantitative estimate of drug-likeness (QED) is 0.855. The number of amides is 1. The van der Waals surface area contributed by atoms with Crippen LogP contribution in [-0.4, -0.2) is 72.0 Å². The molecule has 0 aliphatic carbocycles. The number of carboxylic acid groups (broad SMARTS) is 1. The van der Waals surface area contributed by atoms with Gasteiger partial charge < -0.3 is 24.5 Å². The molecule has 3 aliphatic rings. The predicted octanol–water partition coefficient (Wildman–Crippen LogP) is 2.47. The Morgan fingerprint density at radius 1 is 1.07 bits per heavy atom. The normalized spacial score (nSPS) is 21.5. The van der Waals surface area contributed by atoms with Crippen LogP contribution in [-0.2, 0) is 11.2 Å². The van der Waals surface area contributed by atoms with E-state index in [9.17, 15) is 9.90 Å². The number of benzene rings is 1. The first-order valence-electron chi connectivity index (χ1n) is 10.2. The molecule has 2 saturated heterocycles. The van der Waals surface area contributed by atoms with Crippen molar-refractivity contribution in [1.29, 1.82) is 0 Å². The number of morpholine rings is 1. The van der Waals surface area contributed by atoms with Crippen LogP contribution in [0.5, 0.6) is 0 Å². The molecular formula is C21H25N5O3. The van der Waals surface area contributed by atoms with Crippen LogP contribution in [0.25, 0.3) is 0 Å². The van der Waals surface area contributed by atoms with Gasteiger partial charge in [0.25, 0.3) is 0 Å². The molecule has 1 unspecified atom stereocenters. The second-order valence-corrected chi connectivity index (χ2v) is 7.76. The number of rotatable bonds is 3. The third-order valence-electron chi connectivity index (χ3n) is 6.05. The number of hydrogen-bond donors (Lipinski definition) is 1. The Labute approximate surface area is 169 Å². The Morgan fingerprint density at radius 3 is 2.59 bits per heavy atom. The Hall–Kier alpha value is -2.87. The standard InChI is InChI=1S/C21H25N5O3/c27-21(28)25-8-6-15(14-25)18-17-7-9-26(16-4-2-1-3-5-16)19(17)23-20(22-18)24-10-12-29-13-11-24/h1-5,15H,6-14H2,(H,27,28). The SMILES string of the molecule is O=C(O)N1CCC(c2nc(N3CCOCC3)nc3c2CCN3c2ccccc2)C1. The van der Waals surface area contributed by atoms with E-state index in [0.717, 1.165) is 55.6 Å². The van der Waals surface area contributed by atoms with Crippen molar-refractivity contribution in [3.8, 4) is 0 Å². The molecule has 0 saturated carbocycles. The highest BCUT2D eigenvalue weighted by atomic mass is 16.5. The summed E-state index contributed by atoms with van der Waals surface area (Å²) in [6.45, 7) is 4.83. The monoisotopic (exact) mass is 395 g/mol. The number of likely N-dealkylation sites (tertiary alicyclic amines) is 1. The minimum absolute atomic E-state index is 0.123. The van der Waals surface area contributed by atoms with Crippen LogP contribution in [0, 0.1) is 0 Å². The molecule has 152 valence electrons. The lowest BCUT2D eigenvalue weighted by atomic mass is 9.99. The average Bonchev–Trinajstić information content (AvgIpc) is 3.42. The fourth-order valence-electron chi connectivity index (χ4n) is 4.53. The van der Waals surface area contributed by atoms with Crippen LogP contribution < -0.4 is 9.80 Å².